The Hall–Kier alpha value is -1.08. The highest BCUT2D eigenvalue weighted by Gasteiger charge is 2.16. The fourth-order valence-electron chi connectivity index (χ4n) is 0.151. The van der Waals surface area contributed by atoms with Gasteiger partial charge in [-0.25, -0.2) is 11.4 Å². The fraction of sp³-hybridized carbons (Fsp3) is 0.500. The molecule has 4 heteroatoms. The van der Waals surface area contributed by atoms with Gasteiger partial charge in [-0.1, -0.05) is 0 Å². The number of nitrogens with two attached hydrogens (primary N) is 1. The summed E-state index contributed by atoms with van der Waals surface area (Å²) in [6.45, 7) is 7.73. The number of nitrogens with zero attached hydrogens (tertiary/aromatic N) is 1. The van der Waals surface area contributed by atoms with E-state index in [-0.39, 0.29) is 0 Å². The maximum atomic E-state index is 10.2. The molecule has 44 valence electrons. The molecule has 0 amide bonds. The second kappa shape index (κ2) is 2.99. The number of hydrogen-bond acceptors (Lipinski definition) is 3. The van der Waals surface area contributed by atoms with Gasteiger partial charge in [0.05, 0.1) is 0 Å². The van der Waals surface area contributed by atoms with Gasteiger partial charge in [0.2, 0.25) is 0 Å². The van der Waals surface area contributed by atoms with Gasteiger partial charge in [0, 0.05) is 6.92 Å². The maximum Gasteiger partial charge on any atom is 0.408 e. The Kier molecular flexibility index (Phi) is 2.59. The van der Waals surface area contributed by atoms with Gasteiger partial charge < -0.3 is 9.68 Å². The van der Waals surface area contributed by atoms with Gasteiger partial charge in [0.1, 0.15) is 0 Å². The topological polar surface area (TPSA) is 56.7 Å². The van der Waals surface area contributed by atoms with Crippen LogP contribution in [0.5, 0.6) is 0 Å². The molecule has 0 aromatic carbocycles. The third kappa shape index (κ3) is 1.58. The second-order valence-corrected chi connectivity index (χ2v) is 1.24. The highest BCUT2D eigenvalue weighted by molar-refractivity contribution is 5.76. The molecule has 0 saturated heterocycles. The number of hydrogen-bond donors (Lipinski definition) is 1. The van der Waals surface area contributed by atoms with Crippen LogP contribution in [0.4, 0.5) is 0 Å². The highest BCUT2D eigenvalue weighted by Crippen LogP contribution is 1.88. The molecule has 0 heterocycles. The predicted octanol–water partition coefficient (Wildman–Crippen LogP) is -0.289. The van der Waals surface area contributed by atoms with E-state index in [1.165, 1.54) is 6.92 Å². The summed E-state index contributed by atoms with van der Waals surface area (Å²) < 4.78 is 0. The SMILES string of the molecule is [C-]#[N+]C(C)C(=O)ON. The lowest BCUT2D eigenvalue weighted by molar-refractivity contribution is -0.144. The van der Waals surface area contributed by atoms with Crippen LogP contribution in [0.2, 0.25) is 0 Å². The van der Waals surface area contributed by atoms with Crippen LogP contribution < -0.4 is 5.90 Å². The van der Waals surface area contributed by atoms with E-state index < -0.39 is 12.0 Å². The van der Waals surface area contributed by atoms with E-state index in [1.54, 1.807) is 0 Å². The molecule has 0 aliphatic carbocycles. The van der Waals surface area contributed by atoms with E-state index in [0.717, 1.165) is 0 Å². The molecule has 0 aliphatic rings. The van der Waals surface area contributed by atoms with Crippen LogP contribution in [0.1, 0.15) is 6.92 Å². The van der Waals surface area contributed by atoms with Crippen molar-refractivity contribution in [2.24, 2.45) is 5.90 Å². The van der Waals surface area contributed by atoms with E-state index in [0.29, 0.717) is 0 Å². The zero-order valence-electron chi connectivity index (χ0n) is 4.42. The first kappa shape index (κ1) is 6.92. The summed E-state index contributed by atoms with van der Waals surface area (Å²) in [5, 5.41) is 0. The van der Waals surface area contributed by atoms with Crippen molar-refractivity contribution < 1.29 is 9.63 Å². The summed E-state index contributed by atoms with van der Waals surface area (Å²) in [7, 11) is 0. The monoisotopic (exact) mass is 114 g/mol. The van der Waals surface area contributed by atoms with Crippen molar-refractivity contribution in [2.45, 2.75) is 13.0 Å². The molecule has 0 aliphatic heterocycles. The summed E-state index contributed by atoms with van der Waals surface area (Å²) in [4.78, 5) is 16.8. The minimum Gasteiger partial charge on any atom is -0.368 e. The van der Waals surface area contributed by atoms with Crippen LogP contribution in [0.3, 0.4) is 0 Å². The van der Waals surface area contributed by atoms with Gasteiger partial charge in [0.15, 0.2) is 0 Å². The molecule has 1 unspecified atom stereocenters. The van der Waals surface area contributed by atoms with Crippen molar-refractivity contribution in [3.8, 4) is 0 Å². The van der Waals surface area contributed by atoms with Crippen molar-refractivity contribution >= 4 is 5.97 Å². The molecular formula is C4H6N2O2. The molecule has 0 spiro atoms. The predicted molar refractivity (Wildman–Crippen MR) is 26.3 cm³/mol. The largest absolute Gasteiger partial charge is 0.408 e. The second-order valence-electron chi connectivity index (χ2n) is 1.24. The first-order valence-electron chi connectivity index (χ1n) is 1.99. The van der Waals surface area contributed by atoms with E-state index >= 15 is 0 Å². The van der Waals surface area contributed by atoms with Crippen LogP contribution >= 0.6 is 0 Å². The molecular weight excluding hydrogens is 108 g/mol. The molecule has 0 radical (unpaired) electrons. The molecule has 0 bridgehead atoms. The van der Waals surface area contributed by atoms with Crippen LogP contribution in [0, 0.1) is 6.57 Å². The Morgan fingerprint density at radius 2 is 2.50 bits per heavy atom. The average molecular weight is 114 g/mol. The van der Waals surface area contributed by atoms with Crippen molar-refractivity contribution in [3.05, 3.63) is 11.4 Å². The Balaban J connectivity index is 3.68. The van der Waals surface area contributed by atoms with Crippen molar-refractivity contribution in [3.63, 3.8) is 0 Å². The lowest BCUT2D eigenvalue weighted by Crippen LogP contribution is -2.19. The summed E-state index contributed by atoms with van der Waals surface area (Å²) >= 11 is 0. The van der Waals surface area contributed by atoms with Crippen LogP contribution in [-0.2, 0) is 9.63 Å². The first-order chi connectivity index (χ1) is 3.72. The standard InChI is InChI=1S/C4H6N2O2/c1-3(6-2)4(7)8-5/h3H,5H2,1H3. The average Bonchev–Trinajstić information content (AvgIpc) is 1.84. The molecule has 0 aromatic rings. The van der Waals surface area contributed by atoms with Crippen molar-refractivity contribution in [2.75, 3.05) is 0 Å². The van der Waals surface area contributed by atoms with Crippen molar-refractivity contribution in [1.82, 2.24) is 0 Å². The smallest absolute Gasteiger partial charge is 0.368 e. The van der Waals surface area contributed by atoms with Gasteiger partial charge in [-0.3, -0.25) is 0 Å². The summed E-state index contributed by atoms with van der Waals surface area (Å²) in [6, 6.07) is -0.778. The van der Waals surface area contributed by atoms with Gasteiger partial charge in [-0.2, -0.15) is 5.90 Å². The molecule has 0 fully saturated rings. The fourth-order valence-corrected chi connectivity index (χ4v) is 0.151. The molecule has 1 atom stereocenters. The van der Waals surface area contributed by atoms with E-state index in [1.807, 2.05) is 0 Å². The van der Waals surface area contributed by atoms with Crippen LogP contribution in [0.15, 0.2) is 0 Å². The Morgan fingerprint density at radius 3 is 2.62 bits per heavy atom. The first-order valence-corrected chi connectivity index (χ1v) is 1.99. The molecule has 0 saturated carbocycles. The van der Waals surface area contributed by atoms with Crippen molar-refractivity contribution in [1.29, 1.82) is 0 Å². The van der Waals surface area contributed by atoms with E-state index in [2.05, 4.69) is 15.6 Å². The molecule has 0 rings (SSSR count). The molecule has 8 heavy (non-hydrogen) atoms. The Morgan fingerprint density at radius 1 is 2.00 bits per heavy atom. The molecule has 4 nitrogen and oxygen atoms in total. The van der Waals surface area contributed by atoms with Gasteiger partial charge in [0.25, 0.3) is 0 Å². The minimum atomic E-state index is -0.778. The third-order valence-electron chi connectivity index (χ3n) is 0.651. The molecule has 2 N–H and O–H groups in total. The van der Waals surface area contributed by atoms with Gasteiger partial charge >= 0.3 is 12.0 Å². The summed E-state index contributed by atoms with van der Waals surface area (Å²) in [6.07, 6.45) is 0. The highest BCUT2D eigenvalue weighted by atomic mass is 16.7. The Bertz CT molecular complexity index is 126. The third-order valence-corrected chi connectivity index (χ3v) is 0.651. The number of rotatable bonds is 1. The number of carbonyl (C=O) groups excluding carboxylic acids is 1. The maximum absolute atomic E-state index is 10.2. The zero-order valence-corrected chi connectivity index (χ0v) is 4.42. The van der Waals surface area contributed by atoms with E-state index in [4.69, 9.17) is 6.57 Å². The van der Waals surface area contributed by atoms with E-state index in [9.17, 15) is 4.79 Å². The lowest BCUT2D eigenvalue weighted by Gasteiger charge is -1.91. The lowest BCUT2D eigenvalue weighted by atomic mass is 10.4. The number of carbonyl (C=O) groups is 1. The summed E-state index contributed by atoms with van der Waals surface area (Å²) in [5.74, 6) is 3.76. The zero-order chi connectivity index (χ0) is 6.57. The normalized spacial score (nSPS) is 11.6. The quantitative estimate of drug-likeness (QED) is 0.376. The molecule has 0 aromatic heterocycles. The Labute approximate surface area is 47.0 Å². The van der Waals surface area contributed by atoms with Crippen LogP contribution in [-0.4, -0.2) is 12.0 Å². The van der Waals surface area contributed by atoms with Crippen LogP contribution in [0.25, 0.3) is 4.85 Å². The van der Waals surface area contributed by atoms with Gasteiger partial charge in [-0.05, 0) is 0 Å². The summed E-state index contributed by atoms with van der Waals surface area (Å²) in [5.41, 5.74) is 0. The minimum absolute atomic E-state index is 0.694. The van der Waals surface area contributed by atoms with Gasteiger partial charge in [-0.15, -0.1) is 0 Å².